The maximum absolute atomic E-state index is 5.85. The van der Waals surface area contributed by atoms with E-state index in [0.717, 1.165) is 91.0 Å². The second-order valence-electron chi connectivity index (χ2n) is 8.16. The molecular weight excluding hydrogens is 368 g/mol. The zero-order valence-corrected chi connectivity index (χ0v) is 19.0. The van der Waals surface area contributed by atoms with Crippen LogP contribution in [0.25, 0.3) is 0 Å². The third-order valence-corrected chi connectivity index (χ3v) is 6.26. The van der Waals surface area contributed by atoms with E-state index in [-0.39, 0.29) is 0 Å². The van der Waals surface area contributed by atoms with Gasteiger partial charge in [-0.05, 0) is 31.1 Å². The Hall–Kier alpha value is -0.890. The first kappa shape index (κ1) is 24.4. The first-order valence-corrected chi connectivity index (χ1v) is 11.7. The van der Waals surface area contributed by atoms with Crippen LogP contribution in [0.3, 0.4) is 0 Å². The second kappa shape index (κ2) is 15.0. The van der Waals surface area contributed by atoms with E-state index in [1.54, 1.807) is 0 Å². The zero-order chi connectivity index (χ0) is 20.7. The van der Waals surface area contributed by atoms with Gasteiger partial charge in [-0.15, -0.1) is 0 Å². The summed E-state index contributed by atoms with van der Waals surface area (Å²) in [5.41, 5.74) is 0. The summed E-state index contributed by atoms with van der Waals surface area (Å²) in [6.07, 6.45) is 5.67. The van der Waals surface area contributed by atoms with E-state index in [2.05, 4.69) is 34.4 Å². The summed E-state index contributed by atoms with van der Waals surface area (Å²) < 4.78 is 16.8. The average molecular weight is 413 g/mol. The fourth-order valence-electron chi connectivity index (χ4n) is 4.30. The van der Waals surface area contributed by atoms with Gasteiger partial charge in [0.05, 0.1) is 13.2 Å². The lowest BCUT2D eigenvalue weighted by molar-refractivity contribution is 0.00271. The highest BCUT2D eigenvalue weighted by Gasteiger charge is 2.27. The molecule has 170 valence electrons. The van der Waals surface area contributed by atoms with Crippen molar-refractivity contribution in [2.75, 3.05) is 72.9 Å². The van der Waals surface area contributed by atoms with Gasteiger partial charge in [-0.1, -0.05) is 26.7 Å². The molecule has 7 heteroatoms. The lowest BCUT2D eigenvalue weighted by Gasteiger charge is -2.39. The Morgan fingerprint density at radius 2 is 1.76 bits per heavy atom. The average Bonchev–Trinajstić information content (AvgIpc) is 2.78. The number of aliphatic imine (C=N–C) groups is 1. The molecule has 0 amide bonds. The molecule has 0 saturated carbocycles. The number of hydrogen-bond donors (Lipinski definition) is 2. The Kier molecular flexibility index (Phi) is 12.6. The highest BCUT2D eigenvalue weighted by Crippen LogP contribution is 2.19. The predicted molar refractivity (Wildman–Crippen MR) is 119 cm³/mol. The van der Waals surface area contributed by atoms with E-state index in [1.807, 2.05) is 7.05 Å². The molecule has 2 aliphatic rings. The fourth-order valence-corrected chi connectivity index (χ4v) is 4.30. The van der Waals surface area contributed by atoms with Crippen molar-refractivity contribution in [2.24, 2.45) is 16.8 Å². The molecule has 0 aliphatic carbocycles. The zero-order valence-electron chi connectivity index (χ0n) is 19.0. The molecule has 2 heterocycles. The Labute approximate surface area is 177 Å². The lowest BCUT2D eigenvalue weighted by Crippen LogP contribution is -2.53. The van der Waals surface area contributed by atoms with Crippen molar-refractivity contribution in [3.05, 3.63) is 0 Å². The van der Waals surface area contributed by atoms with Gasteiger partial charge in [0.25, 0.3) is 0 Å². The van der Waals surface area contributed by atoms with Crippen molar-refractivity contribution < 1.29 is 14.2 Å². The van der Waals surface area contributed by atoms with Gasteiger partial charge in [-0.3, -0.25) is 9.89 Å². The number of nitrogens with zero attached hydrogens (tertiary/aromatic N) is 2. The molecule has 2 N–H and O–H groups in total. The molecule has 1 unspecified atom stereocenters. The SMILES string of the molecule is CCC(CC)C(CNC(=NC)NCCCOCC1CCOCC1)N1CCOCC1. The fraction of sp³-hybridized carbons (Fsp3) is 0.955. The van der Waals surface area contributed by atoms with Gasteiger partial charge in [0.2, 0.25) is 0 Å². The number of morpholine rings is 1. The number of rotatable bonds is 12. The van der Waals surface area contributed by atoms with Gasteiger partial charge in [0.15, 0.2) is 5.96 Å². The van der Waals surface area contributed by atoms with Crippen molar-refractivity contribution in [2.45, 2.75) is 52.0 Å². The molecule has 0 radical (unpaired) electrons. The highest BCUT2D eigenvalue weighted by molar-refractivity contribution is 5.79. The topological polar surface area (TPSA) is 67.4 Å². The van der Waals surface area contributed by atoms with Crippen molar-refractivity contribution in [1.82, 2.24) is 15.5 Å². The smallest absolute Gasteiger partial charge is 0.191 e. The Morgan fingerprint density at radius 3 is 2.41 bits per heavy atom. The third-order valence-electron chi connectivity index (χ3n) is 6.26. The van der Waals surface area contributed by atoms with Crippen molar-refractivity contribution in [3.63, 3.8) is 0 Å². The van der Waals surface area contributed by atoms with Crippen LogP contribution >= 0.6 is 0 Å². The third kappa shape index (κ3) is 9.20. The lowest BCUT2D eigenvalue weighted by atomic mass is 9.92. The van der Waals surface area contributed by atoms with Crippen LogP contribution < -0.4 is 10.6 Å². The first-order chi connectivity index (χ1) is 14.3. The minimum Gasteiger partial charge on any atom is -0.381 e. The molecule has 0 aromatic heterocycles. The largest absolute Gasteiger partial charge is 0.381 e. The molecule has 29 heavy (non-hydrogen) atoms. The minimum atomic E-state index is 0.523. The van der Waals surface area contributed by atoms with E-state index in [9.17, 15) is 0 Å². The van der Waals surface area contributed by atoms with Crippen LogP contribution in [-0.2, 0) is 14.2 Å². The van der Waals surface area contributed by atoms with Crippen molar-refractivity contribution >= 4 is 5.96 Å². The Bertz CT molecular complexity index is 434. The molecule has 7 nitrogen and oxygen atoms in total. The Balaban J connectivity index is 1.64. The highest BCUT2D eigenvalue weighted by atomic mass is 16.5. The molecular formula is C22H44N4O3. The molecule has 0 aromatic rings. The second-order valence-corrected chi connectivity index (χ2v) is 8.16. The molecule has 0 bridgehead atoms. The van der Waals surface area contributed by atoms with Crippen LogP contribution in [0.5, 0.6) is 0 Å². The molecule has 0 spiro atoms. The van der Waals surface area contributed by atoms with E-state index in [4.69, 9.17) is 14.2 Å². The van der Waals surface area contributed by atoms with Gasteiger partial charge in [-0.2, -0.15) is 0 Å². The van der Waals surface area contributed by atoms with Crippen LogP contribution in [0, 0.1) is 11.8 Å². The van der Waals surface area contributed by atoms with Crippen LogP contribution in [0.4, 0.5) is 0 Å². The Morgan fingerprint density at radius 1 is 1.07 bits per heavy atom. The molecule has 2 aliphatic heterocycles. The summed E-state index contributed by atoms with van der Waals surface area (Å²) in [4.78, 5) is 6.99. The van der Waals surface area contributed by atoms with Crippen LogP contribution in [0.2, 0.25) is 0 Å². The standard InChI is InChI=1S/C22H44N4O3/c1-4-20(5-2)21(26-10-15-28-16-11-26)17-25-22(23-3)24-9-6-12-29-18-19-7-13-27-14-8-19/h19-21H,4-18H2,1-3H3,(H2,23,24,25). The van der Waals surface area contributed by atoms with E-state index < -0.39 is 0 Å². The van der Waals surface area contributed by atoms with Gasteiger partial charge in [0, 0.05) is 65.7 Å². The minimum absolute atomic E-state index is 0.523. The summed E-state index contributed by atoms with van der Waals surface area (Å²) >= 11 is 0. The molecule has 2 saturated heterocycles. The van der Waals surface area contributed by atoms with Crippen molar-refractivity contribution in [1.29, 1.82) is 0 Å². The molecule has 0 aromatic carbocycles. The summed E-state index contributed by atoms with van der Waals surface area (Å²) in [6, 6.07) is 0.523. The van der Waals surface area contributed by atoms with Gasteiger partial charge < -0.3 is 24.8 Å². The van der Waals surface area contributed by atoms with E-state index in [0.29, 0.717) is 17.9 Å². The van der Waals surface area contributed by atoms with Crippen LogP contribution in [-0.4, -0.2) is 89.8 Å². The van der Waals surface area contributed by atoms with Gasteiger partial charge >= 0.3 is 0 Å². The summed E-state index contributed by atoms with van der Waals surface area (Å²) in [7, 11) is 1.85. The summed E-state index contributed by atoms with van der Waals surface area (Å²) in [5, 5.41) is 7.00. The maximum Gasteiger partial charge on any atom is 0.191 e. The summed E-state index contributed by atoms with van der Waals surface area (Å²) in [6.45, 7) is 13.6. The quantitative estimate of drug-likeness (QED) is 0.291. The van der Waals surface area contributed by atoms with Crippen molar-refractivity contribution in [3.8, 4) is 0 Å². The monoisotopic (exact) mass is 412 g/mol. The number of guanidine groups is 1. The summed E-state index contributed by atoms with van der Waals surface area (Å²) in [5.74, 6) is 2.25. The van der Waals surface area contributed by atoms with Gasteiger partial charge in [0.1, 0.15) is 0 Å². The van der Waals surface area contributed by atoms with Crippen LogP contribution in [0.15, 0.2) is 4.99 Å². The number of ether oxygens (including phenoxy) is 3. The predicted octanol–water partition coefficient (Wildman–Crippen LogP) is 2.12. The molecule has 2 rings (SSSR count). The maximum atomic E-state index is 5.85. The van der Waals surface area contributed by atoms with E-state index in [1.165, 1.54) is 12.8 Å². The van der Waals surface area contributed by atoms with Gasteiger partial charge in [-0.25, -0.2) is 0 Å². The number of hydrogen-bond acceptors (Lipinski definition) is 5. The normalized spacial score (nSPS) is 20.8. The molecule has 2 fully saturated rings. The molecule has 1 atom stereocenters. The number of nitrogens with one attached hydrogen (secondary N) is 2. The van der Waals surface area contributed by atoms with Crippen LogP contribution in [0.1, 0.15) is 46.0 Å². The van der Waals surface area contributed by atoms with E-state index >= 15 is 0 Å². The first-order valence-electron chi connectivity index (χ1n) is 11.7.